The van der Waals surface area contributed by atoms with Gasteiger partial charge in [0.05, 0.1) is 42.6 Å². The summed E-state index contributed by atoms with van der Waals surface area (Å²) < 4.78 is 21.0. The van der Waals surface area contributed by atoms with Crippen LogP contribution in [0.25, 0.3) is 10.9 Å². The summed E-state index contributed by atoms with van der Waals surface area (Å²) in [6.45, 7) is 7.88. The number of nitrogens with zero attached hydrogens (tertiary/aromatic N) is 4. The van der Waals surface area contributed by atoms with Gasteiger partial charge in [0.25, 0.3) is 5.56 Å². The summed E-state index contributed by atoms with van der Waals surface area (Å²) in [4.78, 5) is 24.8. The topological polar surface area (TPSA) is 112 Å². The Morgan fingerprint density at radius 1 is 1.17 bits per heavy atom. The van der Waals surface area contributed by atoms with Gasteiger partial charge in [-0.3, -0.25) is 9.36 Å². The lowest BCUT2D eigenvalue weighted by atomic mass is 9.45. The number of guanidine groups is 1. The fourth-order valence-electron chi connectivity index (χ4n) is 7.21. The van der Waals surface area contributed by atoms with Crippen LogP contribution in [0.5, 0.6) is 5.75 Å². The summed E-state index contributed by atoms with van der Waals surface area (Å²) in [5, 5.41) is 24.4. The van der Waals surface area contributed by atoms with Crippen molar-refractivity contribution in [2.45, 2.75) is 64.8 Å². The number of nitrogens with one attached hydrogen (secondary N) is 1. The molecule has 3 aromatic rings. The molecule has 3 aliphatic carbocycles. The predicted molar refractivity (Wildman–Crippen MR) is 160 cm³/mol. The number of aliphatic hydroxyl groups is 2. The van der Waals surface area contributed by atoms with Crippen molar-refractivity contribution >= 4 is 22.5 Å². The lowest BCUT2D eigenvalue weighted by molar-refractivity contribution is -0.108. The van der Waals surface area contributed by atoms with E-state index in [1.807, 2.05) is 17.0 Å². The van der Waals surface area contributed by atoms with Crippen molar-refractivity contribution in [1.29, 1.82) is 0 Å². The Balaban J connectivity index is 1.22. The Labute approximate surface area is 245 Å². The first-order valence-corrected chi connectivity index (χ1v) is 14.8. The second-order valence-electron chi connectivity index (χ2n) is 12.8. The zero-order chi connectivity index (χ0) is 29.8. The van der Waals surface area contributed by atoms with Gasteiger partial charge in [-0.2, -0.15) is 0 Å². The van der Waals surface area contributed by atoms with E-state index in [0.717, 1.165) is 12.1 Å². The molecule has 3 saturated carbocycles. The van der Waals surface area contributed by atoms with E-state index in [1.54, 1.807) is 18.2 Å². The number of fused-ring (bicyclic) bond motifs is 3. The maximum atomic E-state index is 14.4. The number of benzene rings is 2. The van der Waals surface area contributed by atoms with E-state index < -0.39 is 12.2 Å². The third kappa shape index (κ3) is 5.15. The number of anilines is 1. The Kier molecular flexibility index (Phi) is 7.47. The number of β-amino-alcohol motifs (C(OH)–C–C–N with tert-alkyl or cyclic N) is 2. The van der Waals surface area contributed by atoms with Crippen molar-refractivity contribution in [1.82, 2.24) is 14.5 Å². The lowest BCUT2D eigenvalue weighted by Crippen LogP contribution is -2.56. The maximum absolute atomic E-state index is 14.4. The van der Waals surface area contributed by atoms with E-state index in [2.05, 4.69) is 31.1 Å². The number of aliphatic imine (C=N–C) groups is 1. The molecule has 7 rings (SSSR count). The first-order chi connectivity index (χ1) is 20.0. The first-order valence-electron chi connectivity index (χ1n) is 14.8. The minimum absolute atomic E-state index is 0.153. The highest BCUT2D eigenvalue weighted by Gasteiger charge is 2.56. The van der Waals surface area contributed by atoms with Gasteiger partial charge in [-0.25, -0.2) is 14.4 Å². The third-order valence-corrected chi connectivity index (χ3v) is 10.1. The molecular formula is C32H40FN5O4. The second kappa shape index (κ2) is 11.0. The van der Waals surface area contributed by atoms with E-state index in [4.69, 9.17) is 9.73 Å². The summed E-state index contributed by atoms with van der Waals surface area (Å²) in [6.07, 6.45) is 2.44. The number of hydrogen-bond donors (Lipinski definition) is 3. The van der Waals surface area contributed by atoms with Crippen molar-refractivity contribution in [3.8, 4) is 5.75 Å². The Bertz CT molecular complexity index is 1560. The smallest absolute Gasteiger partial charge is 0.261 e. The normalized spacial score (nSPS) is 28.5. The molecule has 1 saturated heterocycles. The quantitative estimate of drug-likeness (QED) is 0.303. The SMILES string of the molecule is COc1ccc(CCn2cnc3cc(NC(=NC4C[C@@H]5C[C@H]([C@@H]4C)C5(C)C)N4C[C@H](O)[C@@H](O)C4)ccc3c2=O)c(F)c1. The van der Waals surface area contributed by atoms with E-state index >= 15 is 0 Å². The van der Waals surface area contributed by atoms with Crippen LogP contribution in [-0.4, -0.2) is 69.1 Å². The highest BCUT2D eigenvalue weighted by atomic mass is 19.1. The fourth-order valence-corrected chi connectivity index (χ4v) is 7.21. The molecule has 10 heteroatoms. The van der Waals surface area contributed by atoms with Crippen molar-refractivity contribution < 1.29 is 19.3 Å². The monoisotopic (exact) mass is 577 g/mol. The van der Waals surface area contributed by atoms with Crippen molar-refractivity contribution in [3.05, 3.63) is 64.5 Å². The molecule has 0 spiro atoms. The van der Waals surface area contributed by atoms with Crippen LogP contribution < -0.4 is 15.6 Å². The second-order valence-corrected chi connectivity index (χ2v) is 12.8. The van der Waals surface area contributed by atoms with Crippen LogP contribution in [0.2, 0.25) is 0 Å². The van der Waals surface area contributed by atoms with Crippen molar-refractivity contribution in [2.75, 3.05) is 25.5 Å². The van der Waals surface area contributed by atoms with Crippen LogP contribution in [0.1, 0.15) is 39.2 Å². The predicted octanol–water partition coefficient (Wildman–Crippen LogP) is 3.66. The van der Waals surface area contributed by atoms with Crippen LogP contribution in [-0.2, 0) is 13.0 Å². The number of halogens is 1. The van der Waals surface area contributed by atoms with Gasteiger partial charge in [-0.1, -0.05) is 26.8 Å². The van der Waals surface area contributed by atoms with Crippen LogP contribution in [0.3, 0.4) is 0 Å². The van der Waals surface area contributed by atoms with Crippen LogP contribution in [0.15, 0.2) is 52.5 Å². The van der Waals surface area contributed by atoms with Crippen molar-refractivity contribution in [2.24, 2.45) is 28.2 Å². The largest absolute Gasteiger partial charge is 0.497 e. The molecule has 42 heavy (non-hydrogen) atoms. The van der Waals surface area contributed by atoms with Gasteiger partial charge in [-0.05, 0) is 72.3 Å². The molecule has 1 unspecified atom stereocenters. The van der Waals surface area contributed by atoms with E-state index in [0.29, 0.717) is 64.3 Å². The molecule has 1 aliphatic heterocycles. The van der Waals surface area contributed by atoms with Crippen molar-refractivity contribution in [3.63, 3.8) is 0 Å². The number of hydrogen-bond acceptors (Lipinski definition) is 6. The summed E-state index contributed by atoms with van der Waals surface area (Å²) >= 11 is 0. The summed E-state index contributed by atoms with van der Waals surface area (Å²) in [5.74, 6) is 2.42. The number of ether oxygens (including phenoxy) is 1. The van der Waals surface area contributed by atoms with Gasteiger partial charge in [0, 0.05) is 31.4 Å². The molecule has 1 aromatic heterocycles. The highest BCUT2D eigenvalue weighted by molar-refractivity contribution is 5.96. The molecule has 3 N–H and O–H groups in total. The average molecular weight is 578 g/mol. The molecule has 0 radical (unpaired) electrons. The first kappa shape index (κ1) is 28.6. The van der Waals surface area contributed by atoms with Crippen LogP contribution in [0, 0.1) is 29.0 Å². The number of rotatable bonds is 6. The van der Waals surface area contributed by atoms with Gasteiger partial charge in [0.1, 0.15) is 11.6 Å². The average Bonchev–Trinajstić information content (AvgIpc) is 3.31. The van der Waals surface area contributed by atoms with Gasteiger partial charge in [0.2, 0.25) is 0 Å². The van der Waals surface area contributed by atoms with E-state index in [9.17, 15) is 19.4 Å². The van der Waals surface area contributed by atoms with Crippen LogP contribution in [0.4, 0.5) is 10.1 Å². The Morgan fingerprint density at radius 3 is 2.60 bits per heavy atom. The summed E-state index contributed by atoms with van der Waals surface area (Å²) in [7, 11) is 1.49. The molecule has 4 aliphatic rings. The minimum Gasteiger partial charge on any atom is -0.497 e. The van der Waals surface area contributed by atoms with Crippen LogP contribution >= 0.6 is 0 Å². The number of aryl methyl sites for hydroxylation is 2. The number of aliphatic hydroxyl groups excluding tert-OH is 2. The molecular weight excluding hydrogens is 537 g/mol. The molecule has 2 bridgehead atoms. The number of aromatic nitrogens is 2. The number of likely N-dealkylation sites (tertiary alicyclic amines) is 1. The molecule has 4 fully saturated rings. The lowest BCUT2D eigenvalue weighted by Gasteiger charge is -2.61. The Hall–Kier alpha value is -3.50. The highest BCUT2D eigenvalue weighted by Crippen LogP contribution is 2.61. The van der Waals surface area contributed by atoms with Gasteiger partial charge >= 0.3 is 0 Å². The third-order valence-electron chi connectivity index (χ3n) is 10.1. The molecule has 2 aromatic carbocycles. The zero-order valence-corrected chi connectivity index (χ0v) is 24.6. The maximum Gasteiger partial charge on any atom is 0.261 e. The molecule has 2 heterocycles. The zero-order valence-electron chi connectivity index (χ0n) is 24.6. The summed E-state index contributed by atoms with van der Waals surface area (Å²) in [5.41, 5.74) is 1.90. The fraction of sp³-hybridized carbons (Fsp3) is 0.531. The van der Waals surface area contributed by atoms with E-state index in [-0.39, 0.29) is 30.5 Å². The summed E-state index contributed by atoms with van der Waals surface area (Å²) in [6, 6.07) is 10.2. The molecule has 224 valence electrons. The molecule has 9 nitrogen and oxygen atoms in total. The van der Waals surface area contributed by atoms with Gasteiger partial charge in [-0.15, -0.1) is 0 Å². The Morgan fingerprint density at radius 2 is 1.93 bits per heavy atom. The minimum atomic E-state index is -0.837. The van der Waals surface area contributed by atoms with E-state index in [1.165, 1.54) is 30.5 Å². The van der Waals surface area contributed by atoms with Gasteiger partial charge < -0.3 is 25.2 Å². The molecule has 6 atom stereocenters. The number of methoxy groups -OCH3 is 1. The standard InChI is InChI=1S/C32H40FN5O4/c1-18-24-11-20(32(24,2)3)12-26(18)36-31(38-15-28(39)29(40)16-38)35-21-6-8-23-27(13-21)34-17-37(30(23)41)10-9-19-5-7-22(42-4)14-25(19)33/h5-8,13-14,17-18,20,24,26,28-29,39-40H,9-12,15-16H2,1-4H3,(H,35,36)/t18-,20-,24+,26?,28-,29-/m0/s1. The molecule has 0 amide bonds. The van der Waals surface area contributed by atoms with Gasteiger partial charge in [0.15, 0.2) is 5.96 Å².